The Kier molecular flexibility index (Phi) is 8.16. The van der Waals surface area contributed by atoms with Gasteiger partial charge in [-0.25, -0.2) is 0 Å². The molecule has 1 atom stereocenters. The Balaban J connectivity index is 1.67. The highest BCUT2D eigenvalue weighted by atomic mass is 16.5. The van der Waals surface area contributed by atoms with Crippen molar-refractivity contribution in [3.63, 3.8) is 0 Å². The van der Waals surface area contributed by atoms with E-state index in [4.69, 9.17) is 9.47 Å². The Morgan fingerprint density at radius 2 is 1.64 bits per heavy atom. The highest BCUT2D eigenvalue weighted by Gasteiger charge is 2.19. The molecule has 0 heterocycles. The molecule has 0 aromatic heterocycles. The molecule has 0 bridgehead atoms. The number of nitrogens with one attached hydrogen (secondary N) is 1. The number of hydrogen-bond donors (Lipinski definition) is 1. The summed E-state index contributed by atoms with van der Waals surface area (Å²) in [5.74, 6) is 1.46. The van der Waals surface area contributed by atoms with Gasteiger partial charge >= 0.3 is 0 Å². The highest BCUT2D eigenvalue weighted by molar-refractivity contribution is 5.94. The van der Waals surface area contributed by atoms with Crippen LogP contribution in [0.5, 0.6) is 11.5 Å². The van der Waals surface area contributed by atoms with Crippen molar-refractivity contribution in [2.45, 2.75) is 58.6 Å². The topological polar surface area (TPSA) is 47.6 Å². The second kappa shape index (κ2) is 11.0. The molecule has 33 heavy (non-hydrogen) atoms. The summed E-state index contributed by atoms with van der Waals surface area (Å²) in [4.78, 5) is 12.9. The van der Waals surface area contributed by atoms with E-state index < -0.39 is 0 Å². The lowest BCUT2D eigenvalue weighted by Crippen LogP contribution is -2.33. The van der Waals surface area contributed by atoms with Gasteiger partial charge in [0.05, 0.1) is 7.11 Å². The van der Waals surface area contributed by atoms with Crippen molar-refractivity contribution in [3.05, 3.63) is 95.1 Å². The minimum Gasteiger partial charge on any atom is -0.496 e. The maximum atomic E-state index is 12.9. The first-order chi connectivity index (χ1) is 15.8. The monoisotopic (exact) mass is 445 g/mol. The summed E-state index contributed by atoms with van der Waals surface area (Å²) in [6, 6.07) is 24.0. The summed E-state index contributed by atoms with van der Waals surface area (Å²) >= 11 is 0. The summed E-state index contributed by atoms with van der Waals surface area (Å²) in [5.41, 5.74) is 3.83. The number of amides is 1. The van der Waals surface area contributed by atoms with E-state index >= 15 is 0 Å². The van der Waals surface area contributed by atoms with E-state index in [0.717, 1.165) is 29.7 Å². The molecule has 0 radical (unpaired) electrons. The van der Waals surface area contributed by atoms with Gasteiger partial charge < -0.3 is 14.8 Å². The number of benzene rings is 3. The smallest absolute Gasteiger partial charge is 0.251 e. The van der Waals surface area contributed by atoms with E-state index in [1.54, 1.807) is 13.2 Å². The molecule has 174 valence electrons. The summed E-state index contributed by atoms with van der Waals surface area (Å²) < 4.78 is 11.7. The van der Waals surface area contributed by atoms with Gasteiger partial charge in [-0.05, 0) is 60.6 Å². The second-order valence-corrected chi connectivity index (χ2v) is 9.46. The van der Waals surface area contributed by atoms with Crippen molar-refractivity contribution >= 4 is 5.91 Å². The van der Waals surface area contributed by atoms with E-state index in [1.165, 1.54) is 5.56 Å². The average Bonchev–Trinajstić information content (AvgIpc) is 2.81. The number of carbonyl (C=O) groups excluding carboxylic acids is 1. The molecule has 0 aliphatic carbocycles. The Morgan fingerprint density at radius 1 is 0.939 bits per heavy atom. The van der Waals surface area contributed by atoms with Crippen LogP contribution in [0.4, 0.5) is 0 Å². The standard InChI is InChI=1S/C29H35NO3/c1-21(15-16-22-11-7-6-8-12-22)30-28(31)23-17-18-26(32-5)24(19-23)20-33-27-14-10-9-13-25(27)29(2,3)4/h6-14,17-19,21H,15-16,20H2,1-5H3,(H,30,31)/t21-/m1/s1. The van der Waals surface area contributed by atoms with Crippen molar-refractivity contribution < 1.29 is 14.3 Å². The van der Waals surface area contributed by atoms with Gasteiger partial charge in [-0.2, -0.15) is 0 Å². The van der Waals surface area contributed by atoms with Crippen LogP contribution >= 0.6 is 0 Å². The Morgan fingerprint density at radius 3 is 2.33 bits per heavy atom. The first-order valence-corrected chi connectivity index (χ1v) is 11.5. The quantitative estimate of drug-likeness (QED) is 0.419. The number of ether oxygens (including phenoxy) is 2. The molecule has 3 aromatic carbocycles. The fourth-order valence-corrected chi connectivity index (χ4v) is 3.81. The van der Waals surface area contributed by atoms with Gasteiger partial charge in [-0.3, -0.25) is 4.79 Å². The van der Waals surface area contributed by atoms with Crippen LogP contribution < -0.4 is 14.8 Å². The Bertz CT molecular complexity index is 1050. The van der Waals surface area contributed by atoms with Crippen LogP contribution in [0, 0.1) is 0 Å². The minimum atomic E-state index is -0.0884. The van der Waals surface area contributed by atoms with Crippen LogP contribution in [-0.2, 0) is 18.4 Å². The zero-order valence-electron chi connectivity index (χ0n) is 20.4. The summed E-state index contributed by atoms with van der Waals surface area (Å²) in [5, 5.41) is 3.11. The van der Waals surface area contributed by atoms with Gasteiger partial charge in [0.15, 0.2) is 0 Å². The lowest BCUT2D eigenvalue weighted by atomic mass is 9.86. The largest absolute Gasteiger partial charge is 0.496 e. The van der Waals surface area contributed by atoms with E-state index in [1.807, 2.05) is 55.5 Å². The predicted octanol–water partition coefficient (Wildman–Crippen LogP) is 6.32. The molecule has 3 aromatic rings. The number of rotatable bonds is 9. The number of para-hydroxylation sites is 1. The third kappa shape index (κ3) is 6.85. The molecule has 0 fully saturated rings. The molecule has 4 nitrogen and oxygen atoms in total. The minimum absolute atomic E-state index is 0.0295. The lowest BCUT2D eigenvalue weighted by molar-refractivity contribution is 0.0938. The van der Waals surface area contributed by atoms with Crippen molar-refractivity contribution in [2.75, 3.05) is 7.11 Å². The normalized spacial score (nSPS) is 12.2. The van der Waals surface area contributed by atoms with Crippen molar-refractivity contribution in [3.8, 4) is 11.5 Å². The summed E-state index contributed by atoms with van der Waals surface area (Å²) in [7, 11) is 1.63. The van der Waals surface area contributed by atoms with Crippen LogP contribution in [0.25, 0.3) is 0 Å². The first-order valence-electron chi connectivity index (χ1n) is 11.5. The van der Waals surface area contributed by atoms with E-state index in [9.17, 15) is 4.79 Å². The first kappa shape index (κ1) is 24.4. The molecule has 1 amide bonds. The van der Waals surface area contributed by atoms with Crippen molar-refractivity contribution in [1.29, 1.82) is 0 Å². The molecule has 1 N–H and O–H groups in total. The Labute approximate surface area is 197 Å². The van der Waals surface area contributed by atoms with Gasteiger partial charge in [-0.15, -0.1) is 0 Å². The maximum absolute atomic E-state index is 12.9. The third-order valence-corrected chi connectivity index (χ3v) is 5.71. The maximum Gasteiger partial charge on any atom is 0.251 e. The lowest BCUT2D eigenvalue weighted by Gasteiger charge is -2.23. The zero-order valence-corrected chi connectivity index (χ0v) is 20.4. The number of carbonyl (C=O) groups is 1. The fourth-order valence-electron chi connectivity index (χ4n) is 3.81. The molecule has 0 aliphatic heterocycles. The van der Waals surface area contributed by atoms with Crippen molar-refractivity contribution in [1.82, 2.24) is 5.32 Å². The third-order valence-electron chi connectivity index (χ3n) is 5.71. The van der Waals surface area contributed by atoms with Gasteiger partial charge in [0.1, 0.15) is 18.1 Å². The van der Waals surface area contributed by atoms with Gasteiger partial charge in [0.2, 0.25) is 0 Å². The fraction of sp³-hybridized carbons (Fsp3) is 0.345. The van der Waals surface area contributed by atoms with Crippen LogP contribution in [0.2, 0.25) is 0 Å². The molecule has 0 spiro atoms. The number of hydrogen-bond acceptors (Lipinski definition) is 3. The van der Waals surface area contributed by atoms with Gasteiger partial charge in [0, 0.05) is 17.2 Å². The van der Waals surface area contributed by atoms with Gasteiger partial charge in [-0.1, -0.05) is 69.3 Å². The zero-order chi connectivity index (χ0) is 23.8. The van der Waals surface area contributed by atoms with Gasteiger partial charge in [0.25, 0.3) is 5.91 Å². The van der Waals surface area contributed by atoms with Crippen LogP contribution in [-0.4, -0.2) is 19.1 Å². The molecule has 3 rings (SSSR count). The number of aryl methyl sites for hydroxylation is 1. The van der Waals surface area contributed by atoms with Crippen LogP contribution in [0.3, 0.4) is 0 Å². The van der Waals surface area contributed by atoms with E-state index in [2.05, 4.69) is 44.3 Å². The molecule has 4 heteroatoms. The highest BCUT2D eigenvalue weighted by Crippen LogP contribution is 2.32. The molecule has 0 saturated heterocycles. The van der Waals surface area contributed by atoms with E-state index in [0.29, 0.717) is 17.9 Å². The molecule has 0 aliphatic rings. The van der Waals surface area contributed by atoms with Crippen LogP contribution in [0.1, 0.15) is 61.2 Å². The predicted molar refractivity (Wildman–Crippen MR) is 134 cm³/mol. The van der Waals surface area contributed by atoms with Crippen molar-refractivity contribution in [2.24, 2.45) is 0 Å². The summed E-state index contributed by atoms with van der Waals surface area (Å²) in [6.07, 6.45) is 1.81. The summed E-state index contributed by atoms with van der Waals surface area (Å²) in [6.45, 7) is 8.86. The van der Waals surface area contributed by atoms with Crippen LogP contribution in [0.15, 0.2) is 72.8 Å². The molecular weight excluding hydrogens is 410 g/mol. The number of methoxy groups -OCH3 is 1. The Hall–Kier alpha value is -3.27. The SMILES string of the molecule is COc1ccc(C(=O)N[C@H](C)CCc2ccccc2)cc1COc1ccccc1C(C)(C)C. The molecule has 0 unspecified atom stereocenters. The van der Waals surface area contributed by atoms with E-state index in [-0.39, 0.29) is 17.4 Å². The average molecular weight is 446 g/mol. The second-order valence-electron chi connectivity index (χ2n) is 9.46. The molecule has 0 saturated carbocycles. The molecular formula is C29H35NO3.